The van der Waals surface area contributed by atoms with Crippen molar-refractivity contribution in [2.75, 3.05) is 11.9 Å². The molecule has 2 aromatic rings. The molecule has 0 saturated carbocycles. The van der Waals surface area contributed by atoms with Crippen molar-refractivity contribution < 1.29 is 5.11 Å². The highest BCUT2D eigenvalue weighted by Crippen LogP contribution is 2.24. The second kappa shape index (κ2) is 6.17. The summed E-state index contributed by atoms with van der Waals surface area (Å²) >= 11 is 3.43. The number of halogens is 1. The molecule has 1 heterocycles. The van der Waals surface area contributed by atoms with Crippen molar-refractivity contribution in [3.63, 3.8) is 0 Å². The fourth-order valence-electron chi connectivity index (χ4n) is 1.99. The van der Waals surface area contributed by atoms with Crippen molar-refractivity contribution in [1.29, 1.82) is 0 Å². The van der Waals surface area contributed by atoms with Crippen LogP contribution in [0, 0.1) is 0 Å². The van der Waals surface area contributed by atoms with Crippen molar-refractivity contribution in [2.24, 2.45) is 0 Å². The quantitative estimate of drug-likeness (QED) is 0.936. The predicted octanol–water partition coefficient (Wildman–Crippen LogP) is 3.53. The maximum atomic E-state index is 9.78. The van der Waals surface area contributed by atoms with Gasteiger partial charge in [0.1, 0.15) is 5.82 Å². The van der Waals surface area contributed by atoms with Crippen molar-refractivity contribution >= 4 is 21.7 Å². The lowest BCUT2D eigenvalue weighted by molar-refractivity contribution is 0.199. The Morgan fingerprint density at radius 2 is 1.95 bits per heavy atom. The van der Waals surface area contributed by atoms with E-state index in [-0.39, 0.29) is 0 Å². The van der Waals surface area contributed by atoms with Crippen LogP contribution in [0.2, 0.25) is 0 Å². The molecule has 0 unspecified atom stereocenters. The minimum atomic E-state index is -0.518. The van der Waals surface area contributed by atoms with Gasteiger partial charge in [0.25, 0.3) is 0 Å². The van der Waals surface area contributed by atoms with Crippen LogP contribution < -0.4 is 4.90 Å². The van der Waals surface area contributed by atoms with Crippen LogP contribution in [0.3, 0.4) is 0 Å². The Hall–Kier alpha value is -1.39. The maximum Gasteiger partial charge on any atom is 0.134 e. The summed E-state index contributed by atoms with van der Waals surface area (Å²) in [6, 6.07) is 12.0. The van der Waals surface area contributed by atoms with Gasteiger partial charge >= 0.3 is 0 Å². The van der Waals surface area contributed by atoms with Crippen molar-refractivity contribution in [2.45, 2.75) is 19.6 Å². The SMILES string of the molecule is C[C@H](O)c1cccnc1N(C)Cc1ccc(Br)cc1. The molecule has 3 nitrogen and oxygen atoms in total. The van der Waals surface area contributed by atoms with Crippen LogP contribution in [0.15, 0.2) is 47.1 Å². The van der Waals surface area contributed by atoms with E-state index in [0.29, 0.717) is 0 Å². The van der Waals surface area contributed by atoms with Gasteiger partial charge in [-0.15, -0.1) is 0 Å². The second-order valence-electron chi connectivity index (χ2n) is 4.57. The number of anilines is 1. The lowest BCUT2D eigenvalue weighted by Crippen LogP contribution is -2.19. The zero-order valence-electron chi connectivity index (χ0n) is 11.0. The van der Waals surface area contributed by atoms with Gasteiger partial charge in [0, 0.05) is 29.8 Å². The van der Waals surface area contributed by atoms with Crippen molar-refractivity contribution in [3.8, 4) is 0 Å². The Kier molecular flexibility index (Phi) is 4.56. The highest BCUT2D eigenvalue weighted by Gasteiger charge is 2.12. The summed E-state index contributed by atoms with van der Waals surface area (Å²) in [6.07, 6.45) is 1.23. The highest BCUT2D eigenvalue weighted by atomic mass is 79.9. The van der Waals surface area contributed by atoms with Gasteiger partial charge in [-0.3, -0.25) is 0 Å². The van der Waals surface area contributed by atoms with Crippen molar-refractivity contribution in [3.05, 3.63) is 58.2 Å². The zero-order valence-corrected chi connectivity index (χ0v) is 12.6. The topological polar surface area (TPSA) is 36.4 Å². The van der Waals surface area contributed by atoms with E-state index < -0.39 is 6.10 Å². The average molecular weight is 321 g/mol. The summed E-state index contributed by atoms with van der Waals surface area (Å²) in [5.41, 5.74) is 2.05. The lowest BCUT2D eigenvalue weighted by Gasteiger charge is -2.22. The van der Waals surface area contributed by atoms with Crippen molar-refractivity contribution in [1.82, 2.24) is 4.98 Å². The third-order valence-corrected chi connectivity index (χ3v) is 3.49. The molecule has 0 amide bonds. The number of rotatable bonds is 4. The van der Waals surface area contributed by atoms with E-state index in [0.717, 1.165) is 22.4 Å². The minimum Gasteiger partial charge on any atom is -0.389 e. The molecule has 0 spiro atoms. The van der Waals surface area contributed by atoms with E-state index in [2.05, 4.69) is 33.0 Å². The molecule has 0 aliphatic carbocycles. The van der Waals surface area contributed by atoms with E-state index in [1.807, 2.05) is 36.2 Å². The average Bonchev–Trinajstić information content (AvgIpc) is 2.41. The standard InChI is InChI=1S/C15H17BrN2O/c1-11(19)14-4-3-9-17-15(14)18(2)10-12-5-7-13(16)8-6-12/h3-9,11,19H,10H2,1-2H3/t11-/m0/s1. The molecule has 19 heavy (non-hydrogen) atoms. The Labute approximate surface area is 122 Å². The molecule has 4 heteroatoms. The van der Waals surface area contributed by atoms with Crippen LogP contribution in [0.25, 0.3) is 0 Å². The molecule has 1 aromatic heterocycles. The Morgan fingerprint density at radius 3 is 2.58 bits per heavy atom. The molecule has 1 atom stereocenters. The van der Waals surface area contributed by atoms with Gasteiger partial charge in [0.15, 0.2) is 0 Å². The Bertz CT molecular complexity index is 540. The zero-order chi connectivity index (χ0) is 13.8. The van der Waals surface area contributed by atoms with E-state index in [4.69, 9.17) is 0 Å². The number of hydrogen-bond donors (Lipinski definition) is 1. The minimum absolute atomic E-state index is 0.518. The summed E-state index contributed by atoms with van der Waals surface area (Å²) in [5.74, 6) is 0.820. The summed E-state index contributed by atoms with van der Waals surface area (Å²) in [4.78, 5) is 6.42. The molecule has 0 aliphatic rings. The van der Waals surface area contributed by atoms with Crippen LogP contribution in [0.1, 0.15) is 24.2 Å². The largest absolute Gasteiger partial charge is 0.389 e. The molecule has 1 N–H and O–H groups in total. The molecule has 0 radical (unpaired) electrons. The number of benzene rings is 1. The summed E-state index contributed by atoms with van der Waals surface area (Å²) < 4.78 is 1.07. The smallest absolute Gasteiger partial charge is 0.134 e. The third-order valence-electron chi connectivity index (χ3n) is 2.96. The van der Waals surface area contributed by atoms with Crippen LogP contribution in [-0.4, -0.2) is 17.1 Å². The van der Waals surface area contributed by atoms with E-state index >= 15 is 0 Å². The fourth-order valence-corrected chi connectivity index (χ4v) is 2.26. The lowest BCUT2D eigenvalue weighted by atomic mass is 10.1. The normalized spacial score (nSPS) is 12.2. The first-order valence-electron chi connectivity index (χ1n) is 6.16. The van der Waals surface area contributed by atoms with E-state index in [1.54, 1.807) is 13.1 Å². The first kappa shape index (κ1) is 14.0. The van der Waals surface area contributed by atoms with Gasteiger partial charge in [-0.05, 0) is 30.7 Å². The summed E-state index contributed by atoms with van der Waals surface area (Å²) in [6.45, 7) is 2.51. The number of pyridine rings is 1. The first-order chi connectivity index (χ1) is 9.08. The van der Waals surface area contributed by atoms with E-state index in [9.17, 15) is 5.11 Å². The molecular weight excluding hydrogens is 304 g/mol. The highest BCUT2D eigenvalue weighted by molar-refractivity contribution is 9.10. The number of nitrogens with zero attached hydrogens (tertiary/aromatic N) is 2. The van der Waals surface area contributed by atoms with Crippen LogP contribution >= 0.6 is 15.9 Å². The van der Waals surface area contributed by atoms with E-state index in [1.165, 1.54) is 5.56 Å². The second-order valence-corrected chi connectivity index (χ2v) is 5.49. The predicted molar refractivity (Wildman–Crippen MR) is 81.1 cm³/mol. The molecule has 1 aromatic carbocycles. The molecule has 0 aliphatic heterocycles. The molecule has 0 saturated heterocycles. The van der Waals surface area contributed by atoms with Gasteiger partial charge in [0.05, 0.1) is 6.10 Å². The van der Waals surface area contributed by atoms with Gasteiger partial charge < -0.3 is 10.0 Å². The molecular formula is C15H17BrN2O. The monoisotopic (exact) mass is 320 g/mol. The molecule has 100 valence electrons. The molecule has 2 rings (SSSR count). The van der Waals surface area contributed by atoms with Crippen LogP contribution in [0.4, 0.5) is 5.82 Å². The van der Waals surface area contributed by atoms with Crippen LogP contribution in [-0.2, 0) is 6.54 Å². The molecule has 0 bridgehead atoms. The van der Waals surface area contributed by atoms with Gasteiger partial charge in [0.2, 0.25) is 0 Å². The summed E-state index contributed by atoms with van der Waals surface area (Å²) in [7, 11) is 1.98. The number of aromatic nitrogens is 1. The number of aliphatic hydroxyl groups is 1. The summed E-state index contributed by atoms with van der Waals surface area (Å²) in [5, 5.41) is 9.78. The molecule has 0 fully saturated rings. The van der Waals surface area contributed by atoms with Crippen LogP contribution in [0.5, 0.6) is 0 Å². The third kappa shape index (κ3) is 3.55. The van der Waals surface area contributed by atoms with Gasteiger partial charge in [-0.2, -0.15) is 0 Å². The Morgan fingerprint density at radius 1 is 1.26 bits per heavy atom. The van der Waals surface area contributed by atoms with Gasteiger partial charge in [-0.25, -0.2) is 4.98 Å². The maximum absolute atomic E-state index is 9.78. The fraction of sp³-hybridized carbons (Fsp3) is 0.267. The van der Waals surface area contributed by atoms with Gasteiger partial charge in [-0.1, -0.05) is 34.1 Å². The Balaban J connectivity index is 2.20. The number of hydrogen-bond acceptors (Lipinski definition) is 3. The first-order valence-corrected chi connectivity index (χ1v) is 6.96. The number of aliphatic hydroxyl groups excluding tert-OH is 1.